The van der Waals surface area contributed by atoms with Crippen molar-refractivity contribution in [1.29, 1.82) is 0 Å². The van der Waals surface area contributed by atoms with Gasteiger partial charge in [0, 0.05) is 5.69 Å². The fourth-order valence-corrected chi connectivity index (χ4v) is 1.50. The standard InChI is InChI=1S/C8H9NO3S2.Na/c1-6(13)9-7-2-4-8(5-3-7)14(10,11)12;/h2-5H,1H3,(H,9,13)(H,10,11,12);/q;+1/p-1. The van der Waals surface area contributed by atoms with Crippen LogP contribution in [-0.4, -0.2) is 18.0 Å². The quantitative estimate of drug-likeness (QED) is 0.389. The maximum Gasteiger partial charge on any atom is 1.00 e. The molecule has 0 bridgehead atoms. The van der Waals surface area contributed by atoms with Crippen molar-refractivity contribution in [2.45, 2.75) is 11.8 Å². The Morgan fingerprint density at radius 1 is 1.33 bits per heavy atom. The van der Waals surface area contributed by atoms with Crippen LogP contribution in [0.2, 0.25) is 0 Å². The molecule has 15 heavy (non-hydrogen) atoms. The number of benzene rings is 1. The van der Waals surface area contributed by atoms with Crippen LogP contribution in [0.25, 0.3) is 0 Å². The Hall–Kier alpha value is 0.0200. The van der Waals surface area contributed by atoms with Gasteiger partial charge in [-0.15, -0.1) is 0 Å². The van der Waals surface area contributed by atoms with E-state index in [1.807, 2.05) is 0 Å². The Labute approximate surface area is 116 Å². The van der Waals surface area contributed by atoms with E-state index < -0.39 is 10.1 Å². The van der Waals surface area contributed by atoms with E-state index in [1.165, 1.54) is 24.3 Å². The van der Waals surface area contributed by atoms with Gasteiger partial charge in [-0.2, -0.15) is 0 Å². The van der Waals surface area contributed by atoms with Crippen molar-refractivity contribution in [1.82, 2.24) is 0 Å². The molecular weight excluding hydrogens is 245 g/mol. The van der Waals surface area contributed by atoms with E-state index in [0.29, 0.717) is 10.7 Å². The second kappa shape index (κ2) is 5.93. The Bertz CT molecular complexity index is 441. The zero-order chi connectivity index (χ0) is 10.8. The number of hydrogen-bond acceptors (Lipinski definition) is 4. The fourth-order valence-electron chi connectivity index (χ4n) is 0.908. The molecule has 1 aromatic rings. The Morgan fingerprint density at radius 2 is 1.80 bits per heavy atom. The van der Waals surface area contributed by atoms with Crippen LogP contribution in [0.1, 0.15) is 6.92 Å². The van der Waals surface area contributed by atoms with Crippen LogP contribution in [0, 0.1) is 0 Å². The van der Waals surface area contributed by atoms with Gasteiger partial charge < -0.3 is 9.87 Å². The predicted octanol–water partition coefficient (Wildman–Crippen LogP) is -1.65. The van der Waals surface area contributed by atoms with Crippen molar-refractivity contribution in [2.24, 2.45) is 0 Å². The molecule has 0 unspecified atom stereocenters. The van der Waals surface area contributed by atoms with Crippen LogP contribution in [-0.2, 0) is 10.1 Å². The third-order valence-electron chi connectivity index (χ3n) is 1.46. The molecule has 0 saturated heterocycles. The second-order valence-electron chi connectivity index (χ2n) is 2.66. The summed E-state index contributed by atoms with van der Waals surface area (Å²) in [5, 5.41) is 2.82. The minimum Gasteiger partial charge on any atom is -0.744 e. The van der Waals surface area contributed by atoms with Gasteiger partial charge in [0.2, 0.25) is 0 Å². The molecule has 1 N–H and O–H groups in total. The molecular formula is C8H8NNaO3S2. The van der Waals surface area contributed by atoms with Crippen molar-refractivity contribution < 1.29 is 42.5 Å². The minimum absolute atomic E-state index is 0. The molecule has 4 nitrogen and oxygen atoms in total. The summed E-state index contributed by atoms with van der Waals surface area (Å²) in [6.07, 6.45) is 0. The zero-order valence-electron chi connectivity index (χ0n) is 8.35. The van der Waals surface area contributed by atoms with E-state index in [0.717, 1.165) is 0 Å². The van der Waals surface area contributed by atoms with Crippen molar-refractivity contribution in [3.05, 3.63) is 24.3 Å². The van der Waals surface area contributed by atoms with Crippen molar-refractivity contribution in [2.75, 3.05) is 5.32 Å². The summed E-state index contributed by atoms with van der Waals surface area (Å²) in [5.74, 6) is 0. The smallest absolute Gasteiger partial charge is 0.744 e. The van der Waals surface area contributed by atoms with Crippen LogP contribution in [0.15, 0.2) is 29.2 Å². The van der Waals surface area contributed by atoms with Gasteiger partial charge >= 0.3 is 29.6 Å². The van der Waals surface area contributed by atoms with E-state index in [2.05, 4.69) is 5.32 Å². The van der Waals surface area contributed by atoms with Gasteiger partial charge in [-0.25, -0.2) is 8.42 Å². The van der Waals surface area contributed by atoms with Gasteiger partial charge in [0.25, 0.3) is 0 Å². The van der Waals surface area contributed by atoms with Crippen molar-refractivity contribution in [3.8, 4) is 0 Å². The molecule has 0 fully saturated rings. The van der Waals surface area contributed by atoms with Crippen LogP contribution < -0.4 is 34.9 Å². The monoisotopic (exact) mass is 253 g/mol. The topological polar surface area (TPSA) is 69.2 Å². The molecule has 0 aromatic heterocycles. The van der Waals surface area contributed by atoms with Crippen molar-refractivity contribution >= 4 is 33.0 Å². The summed E-state index contributed by atoms with van der Waals surface area (Å²) in [5.41, 5.74) is 0.657. The number of anilines is 1. The molecule has 0 aliphatic carbocycles. The average Bonchev–Trinajstić information content (AvgIpc) is 2.02. The van der Waals surface area contributed by atoms with E-state index >= 15 is 0 Å². The van der Waals surface area contributed by atoms with Gasteiger partial charge in [-0.05, 0) is 31.2 Å². The first kappa shape index (κ1) is 15.0. The zero-order valence-corrected chi connectivity index (χ0v) is 12.0. The first-order chi connectivity index (χ1) is 6.39. The summed E-state index contributed by atoms with van der Waals surface area (Å²) in [6.45, 7) is 1.70. The molecule has 0 heterocycles. The summed E-state index contributed by atoms with van der Waals surface area (Å²) in [6, 6.07) is 5.45. The molecule has 1 rings (SSSR count). The van der Waals surface area contributed by atoms with E-state index in [4.69, 9.17) is 12.2 Å². The van der Waals surface area contributed by atoms with Crippen molar-refractivity contribution in [3.63, 3.8) is 0 Å². The maximum absolute atomic E-state index is 10.6. The van der Waals surface area contributed by atoms with E-state index in [1.54, 1.807) is 6.92 Å². The largest absolute Gasteiger partial charge is 1.00 e. The van der Waals surface area contributed by atoms with Gasteiger partial charge in [-0.1, -0.05) is 12.2 Å². The van der Waals surface area contributed by atoms with Crippen LogP contribution in [0.5, 0.6) is 0 Å². The average molecular weight is 253 g/mol. The SMILES string of the molecule is CC(=S)Nc1ccc(S(=O)(=O)[O-])cc1.[Na+]. The molecule has 76 valence electrons. The van der Waals surface area contributed by atoms with Gasteiger partial charge in [0.1, 0.15) is 10.1 Å². The Balaban J connectivity index is 0.00000196. The summed E-state index contributed by atoms with van der Waals surface area (Å²) >= 11 is 4.79. The third-order valence-corrected chi connectivity index (χ3v) is 2.41. The van der Waals surface area contributed by atoms with Gasteiger partial charge in [0.15, 0.2) is 0 Å². The second-order valence-corrected chi connectivity index (χ2v) is 4.65. The molecule has 0 aliphatic rings. The van der Waals surface area contributed by atoms with Gasteiger partial charge in [0.05, 0.1) is 9.88 Å². The number of hydrogen-bond donors (Lipinski definition) is 1. The first-order valence-electron chi connectivity index (χ1n) is 3.73. The van der Waals surface area contributed by atoms with Crippen LogP contribution in [0.4, 0.5) is 5.69 Å². The molecule has 0 amide bonds. The fraction of sp³-hybridized carbons (Fsp3) is 0.125. The molecule has 0 saturated carbocycles. The summed E-state index contributed by atoms with van der Waals surface area (Å²) < 4.78 is 31.7. The van der Waals surface area contributed by atoms with Crippen LogP contribution in [0.3, 0.4) is 0 Å². The molecule has 1 aromatic carbocycles. The van der Waals surface area contributed by atoms with E-state index in [9.17, 15) is 13.0 Å². The first-order valence-corrected chi connectivity index (χ1v) is 5.55. The Morgan fingerprint density at radius 3 is 2.13 bits per heavy atom. The summed E-state index contributed by atoms with van der Waals surface area (Å²) in [7, 11) is -4.36. The number of nitrogens with one attached hydrogen (secondary N) is 1. The summed E-state index contributed by atoms with van der Waals surface area (Å²) in [4.78, 5) is 0.327. The van der Waals surface area contributed by atoms with Gasteiger partial charge in [-0.3, -0.25) is 0 Å². The molecule has 7 heteroatoms. The molecule has 0 spiro atoms. The van der Waals surface area contributed by atoms with Crippen LogP contribution >= 0.6 is 12.2 Å². The minimum atomic E-state index is -4.36. The van der Waals surface area contributed by atoms with E-state index in [-0.39, 0.29) is 34.5 Å². The number of thiocarbonyl (C=S) groups is 1. The Kier molecular flexibility index (Phi) is 5.94. The molecule has 0 aliphatic heterocycles. The normalized spacial score (nSPS) is 10.3. The number of rotatable bonds is 2. The maximum atomic E-state index is 10.6. The third kappa shape index (κ3) is 5.05. The molecule has 0 radical (unpaired) electrons. The predicted molar refractivity (Wildman–Crippen MR) is 56.3 cm³/mol. The molecule has 0 atom stereocenters.